The fraction of sp³-hybridized carbons (Fsp3) is 0.227. The van der Waals surface area contributed by atoms with Gasteiger partial charge in [-0.05, 0) is 58.1 Å². The molecule has 31 heavy (non-hydrogen) atoms. The van der Waals surface area contributed by atoms with Gasteiger partial charge in [0, 0.05) is 11.6 Å². The first-order chi connectivity index (χ1) is 14.9. The van der Waals surface area contributed by atoms with Crippen LogP contribution in [0.1, 0.15) is 18.0 Å². The minimum Gasteiger partial charge on any atom is -0.388 e. The van der Waals surface area contributed by atoms with Crippen molar-refractivity contribution in [3.63, 3.8) is 0 Å². The van der Waals surface area contributed by atoms with Crippen LogP contribution < -0.4 is 11.5 Å². The molecule has 0 aliphatic heterocycles. The molecule has 3 heterocycles. The number of nitrogen functional groups attached to an aromatic ring is 2. The monoisotopic (exact) mass is 480 g/mol. The maximum Gasteiger partial charge on any atom is 0.146 e. The Balaban J connectivity index is 1.39. The summed E-state index contributed by atoms with van der Waals surface area (Å²) in [5.41, 5.74) is 15.2. The number of hydrogen-bond acceptors (Lipinski definition) is 7. The first-order valence-corrected chi connectivity index (χ1v) is 10.7. The van der Waals surface area contributed by atoms with Gasteiger partial charge in [-0.15, -0.1) is 0 Å². The number of aliphatic hydroxyl groups excluding tert-OH is 2. The molecule has 9 heteroatoms. The fourth-order valence-electron chi connectivity index (χ4n) is 4.18. The quantitative estimate of drug-likeness (QED) is 0.329. The van der Waals surface area contributed by atoms with Gasteiger partial charge in [0.15, 0.2) is 0 Å². The third-order valence-electron chi connectivity index (χ3n) is 5.86. The Morgan fingerprint density at radius 1 is 1.03 bits per heavy atom. The third kappa shape index (κ3) is 3.44. The van der Waals surface area contributed by atoms with Crippen LogP contribution in [0.25, 0.3) is 21.9 Å². The zero-order valence-corrected chi connectivity index (χ0v) is 18.1. The van der Waals surface area contributed by atoms with Gasteiger partial charge in [-0.3, -0.25) is 0 Å². The highest BCUT2D eigenvalue weighted by molar-refractivity contribution is 9.10. The minimum absolute atomic E-state index is 0.388. The minimum atomic E-state index is -0.961. The number of nitrogens with two attached hydrogens (primary N) is 2. The highest BCUT2D eigenvalue weighted by atomic mass is 79.9. The summed E-state index contributed by atoms with van der Waals surface area (Å²) in [6.45, 7) is 0. The number of nitrogens with zero attached hydrogens (tertiary/aromatic N) is 4. The van der Waals surface area contributed by atoms with E-state index in [-0.39, 0.29) is 0 Å². The lowest BCUT2D eigenvalue weighted by Crippen LogP contribution is -2.29. The second-order valence-corrected chi connectivity index (χ2v) is 8.62. The fourth-order valence-corrected chi connectivity index (χ4v) is 4.51. The van der Waals surface area contributed by atoms with Crippen molar-refractivity contribution in [2.45, 2.75) is 31.1 Å². The van der Waals surface area contributed by atoms with E-state index in [1.807, 2.05) is 47.2 Å². The van der Waals surface area contributed by atoms with Crippen molar-refractivity contribution in [1.29, 1.82) is 0 Å². The molecule has 2 unspecified atom stereocenters. The number of aromatic nitrogens is 4. The van der Waals surface area contributed by atoms with E-state index < -0.39 is 18.2 Å². The number of halogens is 1. The third-order valence-corrected chi connectivity index (χ3v) is 6.50. The van der Waals surface area contributed by atoms with Gasteiger partial charge >= 0.3 is 0 Å². The van der Waals surface area contributed by atoms with Crippen LogP contribution >= 0.6 is 15.9 Å². The molecule has 1 aliphatic rings. The lowest BCUT2D eigenvalue weighted by atomic mass is 10.0. The van der Waals surface area contributed by atoms with Crippen LogP contribution in [0.2, 0.25) is 0 Å². The Morgan fingerprint density at radius 2 is 1.87 bits per heavy atom. The Morgan fingerprint density at radius 3 is 2.71 bits per heavy atom. The topological polar surface area (TPSA) is 136 Å². The van der Waals surface area contributed by atoms with Crippen molar-refractivity contribution in [1.82, 2.24) is 19.5 Å². The Hall–Kier alpha value is -3.01. The highest BCUT2D eigenvalue weighted by Crippen LogP contribution is 2.35. The molecule has 4 aromatic rings. The van der Waals surface area contributed by atoms with Crippen molar-refractivity contribution < 1.29 is 10.2 Å². The highest BCUT2D eigenvalue weighted by Gasteiger charge is 2.36. The zero-order valence-electron chi connectivity index (χ0n) is 16.5. The van der Waals surface area contributed by atoms with Gasteiger partial charge in [0.2, 0.25) is 0 Å². The van der Waals surface area contributed by atoms with E-state index in [1.165, 1.54) is 6.33 Å². The predicted octanol–water partition coefficient (Wildman–Crippen LogP) is 2.74. The lowest BCUT2D eigenvalue weighted by molar-refractivity contribution is 0.0317. The summed E-state index contributed by atoms with van der Waals surface area (Å²) >= 11 is 3.40. The van der Waals surface area contributed by atoms with Gasteiger partial charge in [0.05, 0.1) is 21.4 Å². The number of anilines is 2. The summed E-state index contributed by atoms with van der Waals surface area (Å²) in [7, 11) is 0. The SMILES string of the molecule is Nc1nc2cc(CCC3=CC(n4ccc5c(N)ncnc54)[C@@H](O)C3O)ccc2cc1Br. The van der Waals surface area contributed by atoms with Gasteiger partial charge in [-0.2, -0.15) is 0 Å². The van der Waals surface area contributed by atoms with Crippen molar-refractivity contribution in [2.75, 3.05) is 11.5 Å². The van der Waals surface area contributed by atoms with Crippen LogP contribution in [0, 0.1) is 0 Å². The van der Waals surface area contributed by atoms with E-state index in [1.54, 1.807) is 0 Å². The van der Waals surface area contributed by atoms with Gasteiger partial charge in [0.1, 0.15) is 35.8 Å². The Kier molecular flexibility index (Phi) is 4.88. The van der Waals surface area contributed by atoms with Gasteiger partial charge < -0.3 is 26.2 Å². The molecule has 3 atom stereocenters. The predicted molar refractivity (Wildman–Crippen MR) is 123 cm³/mol. The van der Waals surface area contributed by atoms with Crippen LogP contribution in [-0.2, 0) is 6.42 Å². The van der Waals surface area contributed by atoms with Crippen molar-refractivity contribution in [3.05, 3.63) is 64.5 Å². The second-order valence-electron chi connectivity index (χ2n) is 7.77. The van der Waals surface area contributed by atoms with E-state index in [4.69, 9.17) is 11.5 Å². The first-order valence-electron chi connectivity index (χ1n) is 9.91. The smallest absolute Gasteiger partial charge is 0.146 e. The molecule has 0 fully saturated rings. The first kappa shape index (κ1) is 19.9. The molecule has 0 saturated carbocycles. The number of aryl methyl sites for hydroxylation is 1. The molecule has 0 bridgehead atoms. The van der Waals surface area contributed by atoms with Crippen LogP contribution in [0.15, 0.2) is 59.0 Å². The van der Waals surface area contributed by atoms with E-state index in [0.29, 0.717) is 30.1 Å². The maximum atomic E-state index is 10.7. The molecule has 0 radical (unpaired) electrons. The summed E-state index contributed by atoms with van der Waals surface area (Å²) < 4.78 is 2.60. The molecule has 8 nitrogen and oxygen atoms in total. The molecular formula is C22H21BrN6O2. The summed E-state index contributed by atoms with van der Waals surface area (Å²) in [5.74, 6) is 0.839. The lowest BCUT2D eigenvalue weighted by Gasteiger charge is -2.19. The Bertz CT molecular complexity index is 1330. The number of pyridine rings is 1. The number of aliphatic hydroxyl groups is 2. The zero-order chi connectivity index (χ0) is 21.7. The number of rotatable bonds is 4. The number of hydrogen-bond donors (Lipinski definition) is 4. The maximum absolute atomic E-state index is 10.7. The molecule has 1 aliphatic carbocycles. The van der Waals surface area contributed by atoms with E-state index in [2.05, 4.69) is 30.9 Å². The molecule has 1 aromatic carbocycles. The summed E-state index contributed by atoms with van der Waals surface area (Å²) in [6, 6.07) is 9.40. The van der Waals surface area contributed by atoms with Crippen LogP contribution in [0.3, 0.4) is 0 Å². The van der Waals surface area contributed by atoms with Crippen LogP contribution in [0.5, 0.6) is 0 Å². The second kappa shape index (κ2) is 7.60. The molecule has 5 rings (SSSR count). The normalized spacial score (nSPS) is 21.1. The number of benzene rings is 1. The van der Waals surface area contributed by atoms with E-state index >= 15 is 0 Å². The summed E-state index contributed by atoms with van der Waals surface area (Å²) in [4.78, 5) is 12.7. The van der Waals surface area contributed by atoms with Crippen molar-refractivity contribution in [2.24, 2.45) is 0 Å². The Labute approximate surface area is 186 Å². The van der Waals surface area contributed by atoms with E-state index in [9.17, 15) is 10.2 Å². The standard InChI is InChI=1S/C22H21BrN6O2/c23-15-8-12-3-1-11(7-16(12)28-21(15)25)2-4-13-9-17(19(31)18(13)30)29-6-5-14-20(24)26-10-27-22(14)29/h1,3,5-10,17-19,30-31H,2,4H2,(H2,25,28)(H2,24,26,27)/t17?,18?,19-/m1/s1. The molecule has 158 valence electrons. The van der Waals surface area contributed by atoms with Crippen LogP contribution in [-0.4, -0.2) is 41.9 Å². The summed E-state index contributed by atoms with van der Waals surface area (Å²) in [6.07, 6.45) is 4.55. The summed E-state index contributed by atoms with van der Waals surface area (Å²) in [5, 5.41) is 23.1. The van der Waals surface area contributed by atoms with Gasteiger partial charge in [-0.25, -0.2) is 15.0 Å². The van der Waals surface area contributed by atoms with Gasteiger partial charge in [-0.1, -0.05) is 18.2 Å². The van der Waals surface area contributed by atoms with Crippen molar-refractivity contribution in [3.8, 4) is 0 Å². The van der Waals surface area contributed by atoms with Crippen molar-refractivity contribution >= 4 is 49.5 Å². The van der Waals surface area contributed by atoms with E-state index in [0.717, 1.165) is 31.9 Å². The molecule has 0 saturated heterocycles. The van der Waals surface area contributed by atoms with Gasteiger partial charge in [0.25, 0.3) is 0 Å². The largest absolute Gasteiger partial charge is 0.388 e. The number of fused-ring (bicyclic) bond motifs is 2. The molecule has 0 spiro atoms. The molecule has 6 N–H and O–H groups in total. The average Bonchev–Trinajstić information content (AvgIpc) is 3.30. The van der Waals surface area contributed by atoms with Crippen LogP contribution in [0.4, 0.5) is 11.6 Å². The molecule has 0 amide bonds. The molecule has 3 aromatic heterocycles. The average molecular weight is 481 g/mol. The molecular weight excluding hydrogens is 460 g/mol.